The molecule has 2 heterocycles. The van der Waals surface area contributed by atoms with Gasteiger partial charge in [-0.1, -0.05) is 206 Å². The van der Waals surface area contributed by atoms with Crippen LogP contribution in [0, 0.1) is 0 Å². The van der Waals surface area contributed by atoms with E-state index in [2.05, 4.69) is 164 Å². The average molecular weight is 866 g/mol. The lowest BCUT2D eigenvalue weighted by molar-refractivity contribution is 0.669. The van der Waals surface area contributed by atoms with Gasteiger partial charge in [0.15, 0.2) is 17.5 Å². The third-order valence-electron chi connectivity index (χ3n) is 14.2. The molecule has 12 aromatic rings. The molecule has 14 rings (SSSR count). The first-order valence-corrected chi connectivity index (χ1v) is 23.2. The molecule has 0 atom stereocenters. The predicted octanol–water partition coefficient (Wildman–Crippen LogP) is 16.1. The van der Waals surface area contributed by atoms with Crippen molar-refractivity contribution >= 4 is 21.9 Å². The molecular weight excluding hydrogens is 827 g/mol. The third kappa shape index (κ3) is 5.71. The number of aromatic nitrogens is 3. The van der Waals surface area contributed by atoms with Crippen LogP contribution in [0.3, 0.4) is 0 Å². The molecule has 0 unspecified atom stereocenters. The van der Waals surface area contributed by atoms with Gasteiger partial charge in [0.1, 0.15) is 11.2 Å². The summed E-state index contributed by atoms with van der Waals surface area (Å²) in [5, 5.41) is 1.98. The fourth-order valence-corrected chi connectivity index (χ4v) is 11.3. The third-order valence-corrected chi connectivity index (χ3v) is 14.2. The smallest absolute Gasteiger partial charge is 0.164 e. The Labute approximate surface area is 393 Å². The number of rotatable bonds is 6. The van der Waals surface area contributed by atoms with Crippen molar-refractivity contribution in [3.63, 3.8) is 0 Å². The van der Waals surface area contributed by atoms with Gasteiger partial charge in [-0.2, -0.15) is 0 Å². The van der Waals surface area contributed by atoms with Crippen LogP contribution in [0.1, 0.15) is 22.3 Å². The summed E-state index contributed by atoms with van der Waals surface area (Å²) >= 11 is 0. The number of nitrogens with zero attached hydrogens (tertiary/aromatic N) is 3. The molecule has 2 aromatic heterocycles. The van der Waals surface area contributed by atoms with E-state index in [1.807, 2.05) is 72.8 Å². The fraction of sp³-hybridized carbons (Fsp3) is 0.0156. The monoisotopic (exact) mass is 865 g/mol. The van der Waals surface area contributed by atoms with Crippen LogP contribution in [0.4, 0.5) is 0 Å². The van der Waals surface area contributed by atoms with Crippen LogP contribution in [0.15, 0.2) is 241 Å². The second kappa shape index (κ2) is 15.0. The lowest BCUT2D eigenvalue weighted by Crippen LogP contribution is -2.25. The topological polar surface area (TPSA) is 51.8 Å². The van der Waals surface area contributed by atoms with Crippen LogP contribution in [0.5, 0.6) is 0 Å². The van der Waals surface area contributed by atoms with Crippen LogP contribution in [-0.2, 0) is 5.41 Å². The van der Waals surface area contributed by atoms with E-state index in [0.717, 1.165) is 60.9 Å². The van der Waals surface area contributed by atoms with Crippen molar-refractivity contribution in [2.24, 2.45) is 0 Å². The minimum Gasteiger partial charge on any atom is -0.456 e. The number of hydrogen-bond acceptors (Lipinski definition) is 4. The Morgan fingerprint density at radius 3 is 1.37 bits per heavy atom. The van der Waals surface area contributed by atoms with Crippen LogP contribution in [-0.4, -0.2) is 15.0 Å². The van der Waals surface area contributed by atoms with E-state index >= 15 is 0 Å². The number of benzene rings is 10. The van der Waals surface area contributed by atoms with E-state index in [-0.39, 0.29) is 5.41 Å². The molecule has 0 bridgehead atoms. The zero-order chi connectivity index (χ0) is 44.8. The first-order chi connectivity index (χ1) is 33.7. The lowest BCUT2D eigenvalue weighted by Gasteiger charge is -2.30. The Morgan fingerprint density at radius 1 is 0.279 bits per heavy atom. The molecule has 1 spiro atoms. The van der Waals surface area contributed by atoms with E-state index in [4.69, 9.17) is 19.4 Å². The Kier molecular flexibility index (Phi) is 8.46. The summed E-state index contributed by atoms with van der Waals surface area (Å²) in [5.41, 5.74) is 21.6. The molecule has 0 saturated heterocycles. The largest absolute Gasteiger partial charge is 0.456 e. The lowest BCUT2D eigenvalue weighted by atomic mass is 9.70. The van der Waals surface area contributed by atoms with Gasteiger partial charge < -0.3 is 4.42 Å². The molecule has 68 heavy (non-hydrogen) atoms. The average Bonchev–Trinajstić information content (AvgIpc) is 4.05. The van der Waals surface area contributed by atoms with E-state index in [9.17, 15) is 0 Å². The summed E-state index contributed by atoms with van der Waals surface area (Å²) in [5.74, 6) is 1.84. The zero-order valence-corrected chi connectivity index (χ0v) is 36.8. The molecular formula is C64H39N3O. The molecule has 2 aliphatic rings. The Balaban J connectivity index is 0.871. The summed E-state index contributed by atoms with van der Waals surface area (Å²) < 4.78 is 6.53. The van der Waals surface area contributed by atoms with Crippen molar-refractivity contribution in [3.8, 4) is 89.8 Å². The van der Waals surface area contributed by atoms with Gasteiger partial charge in [0.25, 0.3) is 0 Å². The Hall–Kier alpha value is -8.99. The van der Waals surface area contributed by atoms with E-state index in [1.165, 1.54) is 55.6 Å². The van der Waals surface area contributed by atoms with Gasteiger partial charge in [0, 0.05) is 27.5 Å². The second-order valence-corrected chi connectivity index (χ2v) is 17.8. The summed E-state index contributed by atoms with van der Waals surface area (Å²) in [7, 11) is 0. The second-order valence-electron chi connectivity index (χ2n) is 17.8. The van der Waals surface area contributed by atoms with Crippen molar-refractivity contribution < 1.29 is 4.42 Å². The number of furan rings is 1. The molecule has 0 radical (unpaired) electrons. The van der Waals surface area contributed by atoms with E-state index in [1.54, 1.807) is 0 Å². The summed E-state index contributed by atoms with van der Waals surface area (Å²) in [6.07, 6.45) is 0. The van der Waals surface area contributed by atoms with E-state index in [0.29, 0.717) is 17.5 Å². The predicted molar refractivity (Wildman–Crippen MR) is 276 cm³/mol. The normalized spacial score (nSPS) is 12.8. The van der Waals surface area contributed by atoms with Crippen LogP contribution in [0.25, 0.3) is 112 Å². The van der Waals surface area contributed by atoms with Gasteiger partial charge in [-0.25, -0.2) is 15.0 Å². The molecule has 4 nitrogen and oxygen atoms in total. The molecule has 0 aliphatic heterocycles. The minimum atomic E-state index is -0.384. The molecule has 4 heteroatoms. The molecule has 0 fully saturated rings. The van der Waals surface area contributed by atoms with Crippen LogP contribution < -0.4 is 0 Å². The van der Waals surface area contributed by atoms with Gasteiger partial charge in [-0.15, -0.1) is 0 Å². The highest BCUT2D eigenvalue weighted by Crippen LogP contribution is 2.64. The van der Waals surface area contributed by atoms with Crippen molar-refractivity contribution in [2.75, 3.05) is 0 Å². The van der Waals surface area contributed by atoms with Gasteiger partial charge in [-0.3, -0.25) is 0 Å². The van der Waals surface area contributed by atoms with Gasteiger partial charge in [0.2, 0.25) is 0 Å². The SMILES string of the molecule is c1ccc(-c2nc(-c3ccccc3)nc(-c3cccc4oc5ccc(-c6cccc(-c7cccc(-c8cccc9c8-c8ccccc8C98c9ccccc9-c9ccccc98)c7)c6)cc5c34)n2)cc1. The molecule has 0 saturated carbocycles. The van der Waals surface area contributed by atoms with Crippen molar-refractivity contribution in [1.29, 1.82) is 0 Å². The minimum absolute atomic E-state index is 0.384. The highest BCUT2D eigenvalue weighted by atomic mass is 16.3. The highest BCUT2D eigenvalue weighted by molar-refractivity contribution is 6.13. The van der Waals surface area contributed by atoms with Gasteiger partial charge in [0.05, 0.1) is 5.41 Å². The maximum atomic E-state index is 6.53. The first-order valence-electron chi connectivity index (χ1n) is 23.2. The maximum absolute atomic E-state index is 6.53. The number of hydrogen-bond donors (Lipinski definition) is 0. The van der Waals surface area contributed by atoms with Gasteiger partial charge >= 0.3 is 0 Å². The van der Waals surface area contributed by atoms with Crippen LogP contribution in [0.2, 0.25) is 0 Å². The van der Waals surface area contributed by atoms with Crippen molar-refractivity contribution in [3.05, 3.63) is 259 Å². The zero-order valence-electron chi connectivity index (χ0n) is 36.8. The summed E-state index contributed by atoms with van der Waals surface area (Å²) in [6.45, 7) is 0. The molecule has 0 amide bonds. The standard InChI is InChI=1S/C64H39N3O/c1-3-17-40(18-4-1)61-65-62(41-19-5-2-6-20-41)67-63(66-61)51-29-16-34-58-60(51)52-39-45(35-36-57(52)68-58)43-22-13-21-42(37-43)44-23-14-24-46(38-44)47-28-15-33-56-59(47)50-27-9-12-32-55(50)64(56)53-30-10-7-25-48(53)49-26-8-11-31-54(49)64/h1-39H. The van der Waals surface area contributed by atoms with E-state index < -0.39 is 0 Å². The van der Waals surface area contributed by atoms with Crippen molar-refractivity contribution in [2.45, 2.75) is 5.41 Å². The molecule has 10 aromatic carbocycles. The Morgan fingerprint density at radius 2 is 0.721 bits per heavy atom. The molecule has 316 valence electrons. The first kappa shape index (κ1) is 38.3. The summed E-state index contributed by atoms with van der Waals surface area (Å²) in [6, 6.07) is 84.7. The molecule has 0 N–H and O–H groups in total. The maximum Gasteiger partial charge on any atom is 0.164 e. The number of fused-ring (bicyclic) bond motifs is 13. The van der Waals surface area contributed by atoms with Crippen molar-refractivity contribution in [1.82, 2.24) is 15.0 Å². The van der Waals surface area contributed by atoms with Gasteiger partial charge in [-0.05, 0) is 108 Å². The fourth-order valence-electron chi connectivity index (χ4n) is 11.3. The Bertz CT molecular complexity index is 3880. The summed E-state index contributed by atoms with van der Waals surface area (Å²) in [4.78, 5) is 15.1. The molecule has 2 aliphatic carbocycles. The highest BCUT2D eigenvalue weighted by Gasteiger charge is 2.52. The van der Waals surface area contributed by atoms with Crippen LogP contribution >= 0.6 is 0 Å². The quantitative estimate of drug-likeness (QED) is 0.167.